The van der Waals surface area contributed by atoms with Gasteiger partial charge in [0.25, 0.3) is 0 Å². The third-order valence-electron chi connectivity index (χ3n) is 10.0. The molecular weight excluding hydrogens is 514 g/mol. The van der Waals surface area contributed by atoms with E-state index >= 15 is 0 Å². The Morgan fingerprint density at radius 1 is 1.05 bits per heavy atom. The Hall–Kier alpha value is -3.10. The van der Waals surface area contributed by atoms with Gasteiger partial charge in [-0.25, -0.2) is 4.99 Å². The molecule has 2 heterocycles. The fourth-order valence-electron chi connectivity index (χ4n) is 8.18. The molecular formula is C31H41NO8. The predicted molar refractivity (Wildman–Crippen MR) is 146 cm³/mol. The van der Waals surface area contributed by atoms with Crippen LogP contribution < -0.4 is 9.47 Å². The molecule has 0 bridgehead atoms. The minimum atomic E-state index is -0.604. The van der Waals surface area contributed by atoms with Crippen LogP contribution in [0, 0.1) is 22.7 Å². The molecule has 2 aliphatic carbocycles. The van der Waals surface area contributed by atoms with E-state index < -0.39 is 17.5 Å². The molecule has 9 nitrogen and oxygen atoms in total. The van der Waals surface area contributed by atoms with Gasteiger partial charge in [0.1, 0.15) is 36.4 Å². The van der Waals surface area contributed by atoms with Crippen molar-refractivity contribution < 1.29 is 38.1 Å². The first-order chi connectivity index (χ1) is 18.8. The number of hydrogen-bond donors (Lipinski definition) is 0. The minimum Gasteiger partial charge on any atom is -0.485 e. The molecule has 0 radical (unpaired) electrons. The Kier molecular flexibility index (Phi) is 7.16. The molecule has 1 spiro atoms. The Labute approximate surface area is 235 Å². The highest BCUT2D eigenvalue weighted by molar-refractivity contribution is 5.98. The van der Waals surface area contributed by atoms with Crippen molar-refractivity contribution in [2.75, 3.05) is 13.2 Å². The monoisotopic (exact) mass is 555 g/mol. The molecule has 0 N–H and O–H groups in total. The SMILES string of the molecule is CC(=O)OCc1c(C2=NCCO2)cc(OC(C)=O)c2c1O[C@]1(C2)[C@H](C)CC[C@H]2C(C)(C)[C@H](OC(C)=O)CC[C@@]21C. The zero-order valence-corrected chi connectivity index (χ0v) is 24.7. The molecule has 2 saturated carbocycles. The van der Waals surface area contributed by atoms with Crippen molar-refractivity contribution in [1.82, 2.24) is 0 Å². The van der Waals surface area contributed by atoms with Crippen LogP contribution in [0.25, 0.3) is 0 Å². The summed E-state index contributed by atoms with van der Waals surface area (Å²) in [5.74, 6) is 0.751. The number of carbonyl (C=O) groups is 3. The first-order valence-electron chi connectivity index (χ1n) is 14.3. The van der Waals surface area contributed by atoms with E-state index in [2.05, 4.69) is 32.7 Å². The van der Waals surface area contributed by atoms with E-state index in [1.54, 1.807) is 6.07 Å². The average Bonchev–Trinajstić information content (AvgIpc) is 3.53. The summed E-state index contributed by atoms with van der Waals surface area (Å²) in [6, 6.07) is 1.78. The lowest BCUT2D eigenvalue weighted by Crippen LogP contribution is -2.67. The van der Waals surface area contributed by atoms with E-state index in [4.69, 9.17) is 23.7 Å². The lowest BCUT2D eigenvalue weighted by atomic mass is 9.43. The summed E-state index contributed by atoms with van der Waals surface area (Å²) in [4.78, 5) is 40.6. The Morgan fingerprint density at radius 2 is 1.80 bits per heavy atom. The van der Waals surface area contributed by atoms with Crippen LogP contribution in [0.1, 0.15) is 90.8 Å². The zero-order valence-electron chi connectivity index (χ0n) is 24.7. The zero-order chi connectivity index (χ0) is 29.0. The van der Waals surface area contributed by atoms with Crippen LogP contribution in [-0.4, -0.2) is 48.7 Å². The largest absolute Gasteiger partial charge is 0.485 e. The van der Waals surface area contributed by atoms with E-state index in [1.807, 2.05) is 0 Å². The van der Waals surface area contributed by atoms with Gasteiger partial charge in [-0.1, -0.05) is 27.7 Å². The van der Waals surface area contributed by atoms with Gasteiger partial charge in [0.05, 0.1) is 12.1 Å². The molecule has 218 valence electrons. The first-order valence-corrected chi connectivity index (χ1v) is 14.3. The maximum atomic E-state index is 12.2. The summed E-state index contributed by atoms with van der Waals surface area (Å²) in [6.07, 6.45) is 3.88. The van der Waals surface area contributed by atoms with Crippen molar-refractivity contribution in [3.63, 3.8) is 0 Å². The second kappa shape index (κ2) is 10.1. The van der Waals surface area contributed by atoms with Gasteiger partial charge in [0.2, 0.25) is 5.90 Å². The molecule has 5 rings (SSSR count). The Balaban J connectivity index is 1.65. The van der Waals surface area contributed by atoms with E-state index in [-0.39, 0.29) is 41.3 Å². The van der Waals surface area contributed by atoms with Gasteiger partial charge in [0, 0.05) is 49.1 Å². The van der Waals surface area contributed by atoms with Gasteiger partial charge >= 0.3 is 17.9 Å². The van der Waals surface area contributed by atoms with Crippen LogP contribution in [0.15, 0.2) is 11.1 Å². The number of hydrogen-bond acceptors (Lipinski definition) is 9. The van der Waals surface area contributed by atoms with Crippen molar-refractivity contribution in [3.8, 4) is 11.5 Å². The van der Waals surface area contributed by atoms with Crippen molar-refractivity contribution in [2.45, 2.75) is 98.9 Å². The van der Waals surface area contributed by atoms with E-state index in [0.29, 0.717) is 48.1 Å². The number of esters is 3. The highest BCUT2D eigenvalue weighted by Gasteiger charge is 2.67. The van der Waals surface area contributed by atoms with Crippen LogP contribution in [0.5, 0.6) is 11.5 Å². The molecule has 0 unspecified atom stereocenters. The molecule has 2 fully saturated rings. The third kappa shape index (κ3) is 4.45. The number of fused-ring (bicyclic) bond motifs is 3. The number of aliphatic imine (C=N–C) groups is 1. The fourth-order valence-corrected chi connectivity index (χ4v) is 8.18. The minimum absolute atomic E-state index is 0.0135. The van der Waals surface area contributed by atoms with Crippen molar-refractivity contribution in [1.29, 1.82) is 0 Å². The van der Waals surface area contributed by atoms with E-state index in [9.17, 15) is 14.4 Å². The van der Waals surface area contributed by atoms with Gasteiger partial charge in [-0.05, 0) is 43.6 Å². The molecule has 1 aromatic carbocycles. The van der Waals surface area contributed by atoms with Gasteiger partial charge in [-0.15, -0.1) is 0 Å². The number of benzene rings is 1. The summed E-state index contributed by atoms with van der Waals surface area (Å²) < 4.78 is 30.2. The van der Waals surface area contributed by atoms with Gasteiger partial charge in [0.15, 0.2) is 0 Å². The summed E-state index contributed by atoms with van der Waals surface area (Å²) >= 11 is 0. The molecule has 0 amide bonds. The number of carbonyl (C=O) groups excluding carboxylic acids is 3. The molecule has 0 aromatic heterocycles. The second-order valence-corrected chi connectivity index (χ2v) is 12.7. The summed E-state index contributed by atoms with van der Waals surface area (Å²) in [5.41, 5.74) is 0.943. The lowest BCUT2D eigenvalue weighted by molar-refractivity contribution is -0.218. The summed E-state index contributed by atoms with van der Waals surface area (Å²) in [6.45, 7) is 14.1. The van der Waals surface area contributed by atoms with Crippen LogP contribution in [-0.2, 0) is 41.6 Å². The first kappa shape index (κ1) is 28.4. The Morgan fingerprint density at radius 3 is 2.42 bits per heavy atom. The van der Waals surface area contributed by atoms with E-state index in [1.165, 1.54) is 20.8 Å². The average molecular weight is 556 g/mol. The number of rotatable bonds is 5. The van der Waals surface area contributed by atoms with E-state index in [0.717, 1.165) is 31.2 Å². The highest BCUT2D eigenvalue weighted by atomic mass is 16.6. The number of ether oxygens (including phenoxy) is 5. The molecule has 40 heavy (non-hydrogen) atoms. The molecule has 5 atom stereocenters. The topological polar surface area (TPSA) is 110 Å². The molecule has 1 aromatic rings. The summed E-state index contributed by atoms with van der Waals surface area (Å²) in [7, 11) is 0. The van der Waals surface area contributed by atoms with Crippen molar-refractivity contribution in [2.24, 2.45) is 27.7 Å². The highest BCUT2D eigenvalue weighted by Crippen LogP contribution is 2.67. The predicted octanol–water partition coefficient (Wildman–Crippen LogP) is 4.93. The van der Waals surface area contributed by atoms with Crippen LogP contribution in [0.2, 0.25) is 0 Å². The second-order valence-electron chi connectivity index (χ2n) is 12.7. The molecule has 0 saturated heterocycles. The van der Waals surface area contributed by atoms with Gasteiger partial charge in [-0.2, -0.15) is 0 Å². The van der Waals surface area contributed by atoms with Crippen molar-refractivity contribution in [3.05, 3.63) is 22.8 Å². The quantitative estimate of drug-likeness (QED) is 0.372. The van der Waals surface area contributed by atoms with Crippen molar-refractivity contribution >= 4 is 23.8 Å². The maximum Gasteiger partial charge on any atom is 0.308 e. The van der Waals surface area contributed by atoms with Crippen LogP contribution >= 0.6 is 0 Å². The number of nitrogens with zero attached hydrogens (tertiary/aromatic N) is 1. The molecule has 9 heteroatoms. The maximum absolute atomic E-state index is 12.2. The normalized spacial score (nSPS) is 31.8. The van der Waals surface area contributed by atoms with Gasteiger partial charge < -0.3 is 23.7 Å². The van der Waals surface area contributed by atoms with Crippen LogP contribution in [0.4, 0.5) is 0 Å². The Bertz CT molecular complexity index is 1270. The summed E-state index contributed by atoms with van der Waals surface area (Å²) in [5, 5.41) is 0. The molecule has 4 aliphatic rings. The fraction of sp³-hybridized carbons (Fsp3) is 0.677. The standard InChI is InChI=1S/C31H41NO8/c1-17-8-9-25-29(5,6)26(39-20(4)35)10-11-30(25,7)31(17)15-22-24(38-19(3)34)14-21(28-32-12-13-36-28)23(27(22)40-31)16-37-18(2)33/h14,17,25-26H,8-13,15-16H2,1-7H3/t17-,25+,26-,30+,31-/m1/s1. The van der Waals surface area contributed by atoms with Gasteiger partial charge in [-0.3, -0.25) is 14.4 Å². The third-order valence-corrected chi connectivity index (χ3v) is 10.0. The van der Waals surface area contributed by atoms with Crippen LogP contribution in [0.3, 0.4) is 0 Å². The molecule has 2 aliphatic heterocycles. The lowest BCUT2D eigenvalue weighted by Gasteiger charge is -2.64. The smallest absolute Gasteiger partial charge is 0.308 e.